The third-order valence-corrected chi connectivity index (χ3v) is 9.06. The first kappa shape index (κ1) is 23.5. The molecule has 2 unspecified atom stereocenters. The Hall–Kier alpha value is -3.64. The maximum atomic E-state index is 3.90. The lowest BCUT2D eigenvalue weighted by Crippen LogP contribution is -2.53. The van der Waals surface area contributed by atoms with Crippen LogP contribution in [0.3, 0.4) is 0 Å². The number of fused-ring (bicyclic) bond motifs is 6. The van der Waals surface area contributed by atoms with Crippen LogP contribution >= 0.6 is 11.3 Å². The summed E-state index contributed by atoms with van der Waals surface area (Å²) in [5, 5.41) is 11.2. The molecule has 1 aliphatic carbocycles. The van der Waals surface area contributed by atoms with Crippen LogP contribution in [0.4, 0.5) is 0 Å². The summed E-state index contributed by atoms with van der Waals surface area (Å²) in [6.45, 7) is 0.786. The summed E-state index contributed by atoms with van der Waals surface area (Å²) >= 11 is 1.88. The van der Waals surface area contributed by atoms with Crippen molar-refractivity contribution in [1.29, 1.82) is 0 Å². The van der Waals surface area contributed by atoms with E-state index in [1.54, 1.807) is 0 Å². The van der Waals surface area contributed by atoms with E-state index in [1.165, 1.54) is 66.8 Å². The van der Waals surface area contributed by atoms with Gasteiger partial charge >= 0.3 is 0 Å². The van der Waals surface area contributed by atoms with Crippen molar-refractivity contribution in [3.05, 3.63) is 109 Å². The minimum atomic E-state index is 0.147. The van der Waals surface area contributed by atoms with E-state index in [1.807, 2.05) is 11.3 Å². The smallest absolute Gasteiger partial charge is 0.0860 e. The van der Waals surface area contributed by atoms with Crippen LogP contribution in [0.1, 0.15) is 24.8 Å². The predicted octanol–water partition coefficient (Wildman–Crippen LogP) is 8.02. The van der Waals surface area contributed by atoms with Crippen LogP contribution in [0.5, 0.6) is 0 Å². The zero-order valence-corrected chi connectivity index (χ0v) is 22.4. The van der Waals surface area contributed by atoms with Crippen molar-refractivity contribution in [2.75, 3.05) is 12.6 Å². The first-order chi connectivity index (χ1) is 18.8. The molecule has 7 rings (SSSR count). The lowest BCUT2D eigenvalue weighted by molar-refractivity contribution is 0.134. The average molecular weight is 517 g/mol. The molecule has 0 amide bonds. The van der Waals surface area contributed by atoms with Crippen LogP contribution in [0.25, 0.3) is 42.0 Å². The molecule has 0 aliphatic heterocycles. The summed E-state index contributed by atoms with van der Waals surface area (Å²) < 4.78 is 4.98. The number of hydrogen-bond acceptors (Lipinski definition) is 4. The van der Waals surface area contributed by atoms with Crippen LogP contribution in [-0.2, 0) is 6.54 Å². The molecule has 0 radical (unpaired) electrons. The van der Waals surface area contributed by atoms with E-state index in [4.69, 9.17) is 0 Å². The first-order valence-electron chi connectivity index (χ1n) is 13.6. The van der Waals surface area contributed by atoms with Gasteiger partial charge < -0.3 is 5.32 Å². The van der Waals surface area contributed by atoms with Crippen molar-refractivity contribution in [2.24, 2.45) is 5.92 Å². The number of hydrogen-bond donors (Lipinski definition) is 2. The molecule has 38 heavy (non-hydrogen) atoms. The summed E-state index contributed by atoms with van der Waals surface area (Å²) in [6.07, 6.45) is 8.49. The van der Waals surface area contributed by atoms with Crippen molar-refractivity contribution >= 4 is 53.3 Å². The number of aromatic nitrogens is 1. The summed E-state index contributed by atoms with van der Waals surface area (Å²) in [7, 11) is 2.08. The summed E-state index contributed by atoms with van der Waals surface area (Å²) in [4.78, 5) is 0. The molecule has 6 aromatic rings. The molecule has 4 nitrogen and oxygen atoms in total. The molecule has 0 bridgehead atoms. The quantitative estimate of drug-likeness (QED) is 0.128. The third-order valence-electron chi connectivity index (χ3n) is 7.92. The predicted molar refractivity (Wildman–Crippen MR) is 163 cm³/mol. The van der Waals surface area contributed by atoms with E-state index in [-0.39, 0.29) is 6.17 Å². The highest BCUT2D eigenvalue weighted by molar-refractivity contribution is 7.25. The molecule has 1 aliphatic rings. The highest BCUT2D eigenvalue weighted by Gasteiger charge is 2.27. The molecule has 2 N–H and O–H groups in total. The van der Waals surface area contributed by atoms with E-state index in [2.05, 4.69) is 131 Å². The van der Waals surface area contributed by atoms with E-state index < -0.39 is 0 Å². The largest absolute Gasteiger partial charge is 0.303 e. The molecule has 5 heteroatoms. The van der Waals surface area contributed by atoms with Crippen molar-refractivity contribution in [3.63, 3.8) is 0 Å². The molecule has 4 aromatic carbocycles. The Labute approximate surface area is 227 Å². The Bertz CT molecular complexity index is 1760. The number of nitrogens with one attached hydrogen (secondary N) is 2. The number of rotatable bonds is 7. The molecule has 2 aromatic heterocycles. The number of nitrogens with zero attached hydrogens (tertiary/aromatic N) is 2. The van der Waals surface area contributed by atoms with Crippen molar-refractivity contribution in [1.82, 2.24) is 15.0 Å². The normalized spacial score (nSPS) is 16.7. The Kier molecular flexibility index (Phi) is 6.12. The SMILES string of the molecule is CNC(C1C=CCCC1)N(Cc1ccccc1)Nn1c2ccccc2c2cc3sc4ccccc4c3cc21. The molecule has 2 atom stereocenters. The number of allylic oxidation sites excluding steroid dienone is 1. The van der Waals surface area contributed by atoms with Gasteiger partial charge in [-0.2, -0.15) is 5.01 Å². The lowest BCUT2D eigenvalue weighted by atomic mass is 9.92. The fraction of sp³-hybridized carbons (Fsp3) is 0.212. The van der Waals surface area contributed by atoms with Crippen molar-refractivity contribution in [3.8, 4) is 0 Å². The molecular formula is C33H32N4S. The maximum absolute atomic E-state index is 3.90. The molecule has 0 spiro atoms. The van der Waals surface area contributed by atoms with Gasteiger partial charge in [0.1, 0.15) is 0 Å². The fourth-order valence-electron chi connectivity index (χ4n) is 6.10. The second-order valence-corrected chi connectivity index (χ2v) is 11.4. The van der Waals surface area contributed by atoms with Gasteiger partial charge in [0.15, 0.2) is 0 Å². The van der Waals surface area contributed by atoms with Crippen LogP contribution in [0.15, 0.2) is 103 Å². The van der Waals surface area contributed by atoms with Crippen LogP contribution < -0.4 is 10.9 Å². The van der Waals surface area contributed by atoms with Crippen LogP contribution in [0.2, 0.25) is 0 Å². The van der Waals surface area contributed by atoms with E-state index in [0.29, 0.717) is 5.92 Å². The molecular weight excluding hydrogens is 484 g/mol. The number of thiophene rings is 1. The van der Waals surface area contributed by atoms with Crippen molar-refractivity contribution in [2.45, 2.75) is 32.0 Å². The summed E-state index contributed by atoms with van der Waals surface area (Å²) in [6, 6.07) is 33.0. The van der Waals surface area contributed by atoms with Gasteiger partial charge in [0, 0.05) is 43.4 Å². The average Bonchev–Trinajstić information content (AvgIpc) is 3.48. The van der Waals surface area contributed by atoms with Crippen molar-refractivity contribution < 1.29 is 0 Å². The van der Waals surface area contributed by atoms with Gasteiger partial charge in [-0.1, -0.05) is 78.9 Å². The standard InChI is InChI=1S/C33H32N4S/c1-34-33(24-14-6-3-7-15-24)36(22-23-12-4-2-5-13-23)35-37-29-18-10-8-16-25(29)27-21-32-28(20-30(27)37)26-17-9-11-19-31(26)38-32/h2,4-6,8-14,16-21,24,33-35H,3,7,15,22H2,1H3. The minimum absolute atomic E-state index is 0.147. The molecule has 0 saturated heterocycles. The van der Waals surface area contributed by atoms with E-state index >= 15 is 0 Å². The molecule has 0 saturated carbocycles. The molecule has 0 fully saturated rings. The highest BCUT2D eigenvalue weighted by Crippen LogP contribution is 2.39. The Balaban J connectivity index is 1.40. The molecule has 2 heterocycles. The van der Waals surface area contributed by atoms with Crippen LogP contribution in [0, 0.1) is 5.92 Å². The molecule has 190 valence electrons. The van der Waals surface area contributed by atoms with Gasteiger partial charge in [-0.15, -0.1) is 11.3 Å². The zero-order chi connectivity index (χ0) is 25.5. The van der Waals surface area contributed by atoms with Gasteiger partial charge in [-0.25, -0.2) is 4.68 Å². The lowest BCUT2D eigenvalue weighted by Gasteiger charge is -2.38. The first-order valence-corrected chi connectivity index (χ1v) is 14.4. The highest BCUT2D eigenvalue weighted by atomic mass is 32.1. The van der Waals surface area contributed by atoms with Gasteiger partial charge in [-0.3, -0.25) is 5.53 Å². The monoisotopic (exact) mass is 516 g/mol. The van der Waals surface area contributed by atoms with Crippen LogP contribution in [-0.4, -0.2) is 22.9 Å². The number of para-hydroxylation sites is 1. The van der Waals surface area contributed by atoms with E-state index in [9.17, 15) is 0 Å². The van der Waals surface area contributed by atoms with Gasteiger partial charge in [0.05, 0.1) is 17.2 Å². The van der Waals surface area contributed by atoms with Gasteiger partial charge in [0.25, 0.3) is 0 Å². The minimum Gasteiger partial charge on any atom is -0.303 e. The zero-order valence-electron chi connectivity index (χ0n) is 21.6. The summed E-state index contributed by atoms with van der Waals surface area (Å²) in [5.41, 5.74) is 7.58. The van der Waals surface area contributed by atoms with E-state index in [0.717, 1.165) is 6.54 Å². The third kappa shape index (κ3) is 4.08. The maximum Gasteiger partial charge on any atom is 0.0860 e. The van der Waals surface area contributed by atoms with Gasteiger partial charge in [-0.05, 0) is 56.1 Å². The van der Waals surface area contributed by atoms with Gasteiger partial charge in [0.2, 0.25) is 0 Å². The fourth-order valence-corrected chi connectivity index (χ4v) is 7.23. The Morgan fingerprint density at radius 3 is 2.45 bits per heavy atom. The Morgan fingerprint density at radius 2 is 1.63 bits per heavy atom. The number of hydrazine groups is 1. The second kappa shape index (κ2) is 9.91. The second-order valence-electron chi connectivity index (χ2n) is 10.3. The Morgan fingerprint density at radius 1 is 0.842 bits per heavy atom. The number of benzene rings is 4. The summed E-state index contributed by atoms with van der Waals surface area (Å²) in [5.74, 6) is 0.436. The topological polar surface area (TPSA) is 32.2 Å².